The van der Waals surface area contributed by atoms with Gasteiger partial charge in [0.1, 0.15) is 11.6 Å². The molecule has 226 valence electrons. The molecule has 1 aliphatic rings. The smallest absolute Gasteiger partial charge is 0.319 e. The fraction of sp³-hybridized carbons (Fsp3) is 0.562. The summed E-state index contributed by atoms with van der Waals surface area (Å²) in [6.45, 7) is 14.3. The zero-order valence-corrected chi connectivity index (χ0v) is 25.3. The van der Waals surface area contributed by atoms with Crippen molar-refractivity contribution in [2.24, 2.45) is 0 Å². The third-order valence-corrected chi connectivity index (χ3v) is 8.08. The monoisotopic (exact) mass is 572 g/mol. The molecule has 0 aromatic heterocycles. The van der Waals surface area contributed by atoms with Gasteiger partial charge in [0, 0.05) is 51.3 Å². The van der Waals surface area contributed by atoms with E-state index in [4.69, 9.17) is 0 Å². The molecule has 0 aliphatic carbocycles. The van der Waals surface area contributed by atoms with Crippen LogP contribution in [-0.2, 0) is 22.2 Å². The van der Waals surface area contributed by atoms with Crippen molar-refractivity contribution in [2.75, 3.05) is 32.7 Å². The van der Waals surface area contributed by atoms with Crippen molar-refractivity contribution in [2.45, 2.75) is 83.9 Å². The highest BCUT2D eigenvalue weighted by Gasteiger charge is 2.39. The number of amides is 3. The Morgan fingerprint density at radius 1 is 1.05 bits per heavy atom. The SMILES string of the molecule is CCN(CC)C(=O)N1CCC(NC[C@@H](O)[C@H](Cc2cc(F)cc(F)c2)NC(C)=O)(c2cccc(C(C)(C)C)c2)CC1. The maximum atomic E-state index is 13.8. The molecule has 2 atom stereocenters. The van der Waals surface area contributed by atoms with E-state index in [1.54, 1.807) is 0 Å². The molecule has 1 aliphatic heterocycles. The second-order valence-electron chi connectivity index (χ2n) is 12.1. The van der Waals surface area contributed by atoms with Crippen molar-refractivity contribution in [3.05, 3.63) is 70.8 Å². The Morgan fingerprint density at radius 2 is 1.66 bits per heavy atom. The van der Waals surface area contributed by atoms with E-state index in [0.717, 1.165) is 11.6 Å². The number of carbonyl (C=O) groups excluding carboxylic acids is 2. The maximum Gasteiger partial charge on any atom is 0.319 e. The molecular formula is C32H46F2N4O3. The van der Waals surface area contributed by atoms with Crippen LogP contribution in [-0.4, -0.2) is 71.7 Å². The molecule has 3 rings (SSSR count). The molecule has 0 radical (unpaired) electrons. The third kappa shape index (κ3) is 8.49. The summed E-state index contributed by atoms with van der Waals surface area (Å²) in [6.07, 6.45) is 0.305. The number of aliphatic hydroxyl groups is 1. The molecular weight excluding hydrogens is 526 g/mol. The lowest BCUT2D eigenvalue weighted by Gasteiger charge is -2.45. The number of urea groups is 1. The minimum absolute atomic E-state index is 0.0279. The van der Waals surface area contributed by atoms with Gasteiger partial charge >= 0.3 is 6.03 Å². The van der Waals surface area contributed by atoms with Crippen molar-refractivity contribution in [1.29, 1.82) is 0 Å². The lowest BCUT2D eigenvalue weighted by molar-refractivity contribution is -0.120. The minimum atomic E-state index is -1.04. The Morgan fingerprint density at radius 3 is 2.20 bits per heavy atom. The van der Waals surface area contributed by atoms with E-state index in [-0.39, 0.29) is 30.3 Å². The van der Waals surface area contributed by atoms with Crippen molar-refractivity contribution < 1.29 is 23.5 Å². The second-order valence-corrected chi connectivity index (χ2v) is 12.1. The van der Waals surface area contributed by atoms with Gasteiger partial charge in [0.2, 0.25) is 5.91 Å². The number of nitrogens with one attached hydrogen (secondary N) is 2. The molecule has 9 heteroatoms. The second kappa shape index (κ2) is 13.7. The van der Waals surface area contributed by atoms with Crippen molar-refractivity contribution >= 4 is 11.9 Å². The minimum Gasteiger partial charge on any atom is -0.390 e. The van der Waals surface area contributed by atoms with Crippen LogP contribution in [0.15, 0.2) is 42.5 Å². The molecule has 1 fully saturated rings. The Hall–Kier alpha value is -3.04. The first-order valence-corrected chi connectivity index (χ1v) is 14.6. The van der Waals surface area contributed by atoms with E-state index < -0.39 is 29.3 Å². The molecule has 2 aromatic carbocycles. The topological polar surface area (TPSA) is 84.9 Å². The standard InChI is InChI=1S/C32H46F2N4O3/c1-7-37(8-2)30(41)38-14-12-32(13-15-38,25-11-9-10-24(19-25)31(4,5)6)35-21-29(40)28(36-22(3)39)18-23-16-26(33)20-27(34)17-23/h9-11,16-17,19-20,28-29,35,40H,7-8,12-15,18,21H2,1-6H3,(H,36,39)/t28-,29+/m0/s1. The predicted octanol–water partition coefficient (Wildman–Crippen LogP) is 4.71. The number of likely N-dealkylation sites (tertiary alicyclic amines) is 1. The summed E-state index contributed by atoms with van der Waals surface area (Å²) >= 11 is 0. The van der Waals surface area contributed by atoms with E-state index in [1.165, 1.54) is 24.6 Å². The van der Waals surface area contributed by atoms with Gasteiger partial charge in [0.15, 0.2) is 0 Å². The molecule has 1 saturated heterocycles. The van der Waals surface area contributed by atoms with Crippen molar-refractivity contribution in [3.63, 3.8) is 0 Å². The van der Waals surface area contributed by atoms with E-state index in [0.29, 0.717) is 44.6 Å². The van der Waals surface area contributed by atoms with E-state index in [2.05, 4.69) is 49.6 Å². The molecule has 41 heavy (non-hydrogen) atoms. The zero-order chi connectivity index (χ0) is 30.4. The fourth-order valence-corrected chi connectivity index (χ4v) is 5.59. The molecule has 0 spiro atoms. The molecule has 0 bridgehead atoms. The quantitative estimate of drug-likeness (QED) is 0.385. The molecule has 7 nitrogen and oxygen atoms in total. The van der Waals surface area contributed by atoms with Crippen LogP contribution in [0.4, 0.5) is 13.6 Å². The first-order valence-electron chi connectivity index (χ1n) is 14.6. The number of halogens is 2. The van der Waals surface area contributed by atoms with Crippen LogP contribution in [0.2, 0.25) is 0 Å². The number of aliphatic hydroxyl groups excluding tert-OH is 1. The summed E-state index contributed by atoms with van der Waals surface area (Å²) < 4.78 is 27.7. The van der Waals surface area contributed by atoms with Gasteiger partial charge in [-0.1, -0.05) is 45.0 Å². The van der Waals surface area contributed by atoms with Crippen LogP contribution >= 0.6 is 0 Å². The summed E-state index contributed by atoms with van der Waals surface area (Å²) in [5.41, 5.74) is 2.02. The molecule has 3 amide bonds. The Balaban J connectivity index is 1.86. The molecule has 0 unspecified atom stereocenters. The first-order chi connectivity index (χ1) is 19.3. The zero-order valence-electron chi connectivity index (χ0n) is 25.3. The lowest BCUT2D eigenvalue weighted by Crippen LogP contribution is -2.57. The largest absolute Gasteiger partial charge is 0.390 e. The van der Waals surface area contributed by atoms with Gasteiger partial charge in [0.05, 0.1) is 12.1 Å². The normalized spacial score (nSPS) is 16.7. The van der Waals surface area contributed by atoms with E-state index in [1.807, 2.05) is 29.7 Å². The Bertz CT molecular complexity index is 1170. The summed E-state index contributed by atoms with van der Waals surface area (Å²) in [6, 6.07) is 10.9. The maximum absolute atomic E-state index is 13.8. The van der Waals surface area contributed by atoms with E-state index in [9.17, 15) is 23.5 Å². The van der Waals surface area contributed by atoms with Gasteiger partial charge in [-0.3, -0.25) is 4.79 Å². The van der Waals surface area contributed by atoms with Crippen LogP contribution in [0.5, 0.6) is 0 Å². The first kappa shape index (κ1) is 32.5. The summed E-state index contributed by atoms with van der Waals surface area (Å²) in [5.74, 6) is -1.77. The summed E-state index contributed by atoms with van der Waals surface area (Å²) in [7, 11) is 0. The molecule has 3 N–H and O–H groups in total. The Kier molecular flexibility index (Phi) is 10.9. The van der Waals surface area contributed by atoms with Crippen molar-refractivity contribution in [1.82, 2.24) is 20.4 Å². The summed E-state index contributed by atoms with van der Waals surface area (Å²) in [4.78, 5) is 28.7. The fourth-order valence-electron chi connectivity index (χ4n) is 5.59. The van der Waals surface area contributed by atoms with Gasteiger partial charge in [-0.25, -0.2) is 13.6 Å². The molecule has 2 aromatic rings. The average molecular weight is 573 g/mol. The van der Waals surface area contributed by atoms with Gasteiger partial charge in [-0.2, -0.15) is 0 Å². The highest BCUT2D eigenvalue weighted by molar-refractivity contribution is 5.74. The number of rotatable bonds is 10. The number of nitrogens with zero attached hydrogens (tertiary/aromatic N) is 2. The number of carbonyl (C=O) groups is 2. The van der Waals surface area contributed by atoms with Gasteiger partial charge in [0.25, 0.3) is 0 Å². The number of piperidine rings is 1. The van der Waals surface area contributed by atoms with Crippen LogP contribution in [0.25, 0.3) is 0 Å². The Labute approximate surface area is 243 Å². The predicted molar refractivity (Wildman–Crippen MR) is 158 cm³/mol. The van der Waals surface area contributed by atoms with Crippen LogP contribution in [0.3, 0.4) is 0 Å². The van der Waals surface area contributed by atoms with Crippen LogP contribution in [0, 0.1) is 11.6 Å². The molecule has 1 heterocycles. The highest BCUT2D eigenvalue weighted by atomic mass is 19.1. The summed E-state index contributed by atoms with van der Waals surface area (Å²) in [5, 5.41) is 17.6. The molecule has 0 saturated carbocycles. The third-order valence-electron chi connectivity index (χ3n) is 8.08. The van der Waals surface area contributed by atoms with Gasteiger partial charge in [-0.15, -0.1) is 0 Å². The average Bonchev–Trinajstić information content (AvgIpc) is 2.91. The van der Waals surface area contributed by atoms with Crippen LogP contribution in [0.1, 0.15) is 71.1 Å². The number of hydrogen-bond donors (Lipinski definition) is 3. The highest BCUT2D eigenvalue weighted by Crippen LogP contribution is 2.36. The lowest BCUT2D eigenvalue weighted by atomic mass is 9.77. The van der Waals surface area contributed by atoms with E-state index >= 15 is 0 Å². The number of benzene rings is 2. The van der Waals surface area contributed by atoms with Crippen molar-refractivity contribution in [3.8, 4) is 0 Å². The number of hydrogen-bond acceptors (Lipinski definition) is 4. The van der Waals surface area contributed by atoms with Gasteiger partial charge < -0.3 is 25.5 Å². The van der Waals surface area contributed by atoms with Gasteiger partial charge in [-0.05, 0) is 67.3 Å². The van der Waals surface area contributed by atoms with Crippen LogP contribution < -0.4 is 10.6 Å².